The van der Waals surface area contributed by atoms with Crippen LogP contribution in [0.4, 0.5) is 4.39 Å². The second-order valence-corrected chi connectivity index (χ2v) is 6.17. The van der Waals surface area contributed by atoms with E-state index in [4.69, 9.17) is 5.73 Å². The van der Waals surface area contributed by atoms with Gasteiger partial charge in [0.1, 0.15) is 5.82 Å². The van der Waals surface area contributed by atoms with Crippen LogP contribution in [0.2, 0.25) is 0 Å². The lowest BCUT2D eigenvalue weighted by molar-refractivity contribution is 0.327. The first-order valence-electron chi connectivity index (χ1n) is 6.37. The Bertz CT molecular complexity index is 352. The molecule has 1 aromatic rings. The highest BCUT2D eigenvalue weighted by atomic mass is 32.2. The van der Waals surface area contributed by atoms with E-state index >= 15 is 0 Å². The number of hydrogen-bond acceptors (Lipinski definition) is 2. The third kappa shape index (κ3) is 3.46. The van der Waals surface area contributed by atoms with Gasteiger partial charge in [0.25, 0.3) is 0 Å². The first-order chi connectivity index (χ1) is 8.19. The predicted molar refractivity (Wildman–Crippen MR) is 71.7 cm³/mol. The normalized spacial score (nSPS) is 29.2. The minimum absolute atomic E-state index is 0.172. The summed E-state index contributed by atoms with van der Waals surface area (Å²) in [5, 5.41) is 0.485. The smallest absolute Gasteiger partial charge is 0.123 e. The van der Waals surface area contributed by atoms with E-state index in [-0.39, 0.29) is 11.9 Å². The molecule has 0 bridgehead atoms. The van der Waals surface area contributed by atoms with Crippen LogP contribution < -0.4 is 5.73 Å². The van der Waals surface area contributed by atoms with Crippen molar-refractivity contribution < 1.29 is 4.39 Å². The van der Waals surface area contributed by atoms with Crippen LogP contribution in [0.25, 0.3) is 0 Å². The Hall–Kier alpha value is -0.540. The quantitative estimate of drug-likeness (QED) is 0.886. The van der Waals surface area contributed by atoms with E-state index in [1.165, 1.54) is 31.4 Å². The van der Waals surface area contributed by atoms with Crippen molar-refractivity contribution in [2.24, 2.45) is 11.7 Å². The lowest BCUT2D eigenvalue weighted by Crippen LogP contribution is -2.38. The SMILES string of the molecule is CCC1CCC(N)C(Sc2ccc(F)cc2)C1. The summed E-state index contributed by atoms with van der Waals surface area (Å²) in [5.74, 6) is 0.640. The molecule has 0 spiro atoms. The molecule has 94 valence electrons. The van der Waals surface area contributed by atoms with Crippen LogP contribution >= 0.6 is 11.8 Å². The van der Waals surface area contributed by atoms with Crippen molar-refractivity contribution in [1.82, 2.24) is 0 Å². The number of benzene rings is 1. The molecular weight excluding hydrogens is 233 g/mol. The Kier molecular flexibility index (Phi) is 4.46. The molecule has 1 aromatic carbocycles. The molecular formula is C14H20FNS. The first-order valence-corrected chi connectivity index (χ1v) is 7.24. The third-order valence-electron chi connectivity index (χ3n) is 3.63. The fourth-order valence-electron chi connectivity index (χ4n) is 2.43. The lowest BCUT2D eigenvalue weighted by atomic mass is 9.84. The molecule has 1 aliphatic carbocycles. The zero-order valence-electron chi connectivity index (χ0n) is 10.2. The average molecular weight is 253 g/mol. The summed E-state index contributed by atoms with van der Waals surface area (Å²) < 4.78 is 12.8. The highest BCUT2D eigenvalue weighted by Gasteiger charge is 2.27. The van der Waals surface area contributed by atoms with Crippen molar-refractivity contribution in [2.75, 3.05) is 0 Å². The van der Waals surface area contributed by atoms with Crippen molar-refractivity contribution in [3.8, 4) is 0 Å². The monoisotopic (exact) mass is 253 g/mol. The van der Waals surface area contributed by atoms with Gasteiger partial charge in [-0.05, 0) is 49.4 Å². The van der Waals surface area contributed by atoms with Crippen LogP contribution in [0.1, 0.15) is 32.6 Å². The summed E-state index contributed by atoms with van der Waals surface area (Å²) in [7, 11) is 0. The molecule has 0 amide bonds. The second-order valence-electron chi connectivity index (χ2n) is 4.86. The molecule has 17 heavy (non-hydrogen) atoms. The molecule has 3 atom stereocenters. The minimum atomic E-state index is -0.172. The number of nitrogens with two attached hydrogens (primary N) is 1. The minimum Gasteiger partial charge on any atom is -0.327 e. The topological polar surface area (TPSA) is 26.0 Å². The number of halogens is 1. The molecule has 2 N–H and O–H groups in total. The molecule has 2 rings (SSSR count). The van der Waals surface area contributed by atoms with E-state index in [0.717, 1.165) is 17.2 Å². The Morgan fingerprint density at radius 3 is 2.65 bits per heavy atom. The van der Waals surface area contributed by atoms with Crippen LogP contribution in [0.5, 0.6) is 0 Å². The van der Waals surface area contributed by atoms with E-state index in [1.807, 2.05) is 23.9 Å². The Labute approximate surface area is 107 Å². The molecule has 1 fully saturated rings. The Morgan fingerprint density at radius 1 is 1.29 bits per heavy atom. The van der Waals surface area contributed by atoms with Gasteiger partial charge in [-0.15, -0.1) is 11.8 Å². The molecule has 1 nitrogen and oxygen atoms in total. The maximum atomic E-state index is 12.8. The molecule has 0 aromatic heterocycles. The maximum Gasteiger partial charge on any atom is 0.123 e. The fourth-order valence-corrected chi connectivity index (χ4v) is 3.75. The van der Waals surface area contributed by atoms with E-state index < -0.39 is 0 Å². The van der Waals surface area contributed by atoms with Crippen molar-refractivity contribution in [3.63, 3.8) is 0 Å². The zero-order valence-corrected chi connectivity index (χ0v) is 11.0. The predicted octanol–water partition coefficient (Wildman–Crippen LogP) is 3.82. The largest absolute Gasteiger partial charge is 0.327 e. The van der Waals surface area contributed by atoms with E-state index in [0.29, 0.717) is 5.25 Å². The molecule has 1 saturated carbocycles. The van der Waals surface area contributed by atoms with Crippen molar-refractivity contribution in [3.05, 3.63) is 30.1 Å². The van der Waals surface area contributed by atoms with Crippen molar-refractivity contribution in [2.45, 2.75) is 48.8 Å². The van der Waals surface area contributed by atoms with Gasteiger partial charge in [-0.1, -0.05) is 13.3 Å². The van der Waals surface area contributed by atoms with Gasteiger partial charge in [0.2, 0.25) is 0 Å². The average Bonchev–Trinajstić information content (AvgIpc) is 2.35. The van der Waals surface area contributed by atoms with E-state index in [2.05, 4.69) is 6.92 Å². The summed E-state index contributed by atoms with van der Waals surface area (Å²) in [5.41, 5.74) is 6.18. The molecule has 3 heteroatoms. The molecule has 3 unspecified atom stereocenters. The summed E-state index contributed by atoms with van der Waals surface area (Å²) in [6.07, 6.45) is 4.82. The molecule has 0 radical (unpaired) electrons. The third-order valence-corrected chi connectivity index (χ3v) is 5.02. The van der Waals surface area contributed by atoms with E-state index in [1.54, 1.807) is 0 Å². The molecule has 1 aliphatic rings. The Balaban J connectivity index is 1.98. The van der Waals surface area contributed by atoms with Gasteiger partial charge < -0.3 is 5.73 Å². The van der Waals surface area contributed by atoms with Crippen LogP contribution in [-0.2, 0) is 0 Å². The molecule has 0 saturated heterocycles. The van der Waals surface area contributed by atoms with Crippen LogP contribution in [0.3, 0.4) is 0 Å². The van der Waals surface area contributed by atoms with Gasteiger partial charge in [0, 0.05) is 16.2 Å². The highest BCUT2D eigenvalue weighted by Crippen LogP contribution is 2.36. The van der Waals surface area contributed by atoms with Crippen molar-refractivity contribution in [1.29, 1.82) is 0 Å². The van der Waals surface area contributed by atoms with Gasteiger partial charge in [-0.2, -0.15) is 0 Å². The summed E-state index contributed by atoms with van der Waals surface area (Å²) in [4.78, 5) is 1.13. The lowest BCUT2D eigenvalue weighted by Gasteiger charge is -2.33. The first kappa shape index (κ1) is 12.9. The summed E-state index contributed by atoms with van der Waals surface area (Å²) in [6, 6.07) is 7.03. The summed E-state index contributed by atoms with van der Waals surface area (Å²) in [6.45, 7) is 2.25. The van der Waals surface area contributed by atoms with Gasteiger partial charge >= 0.3 is 0 Å². The van der Waals surface area contributed by atoms with Gasteiger partial charge in [-0.3, -0.25) is 0 Å². The highest BCUT2D eigenvalue weighted by molar-refractivity contribution is 8.00. The number of rotatable bonds is 3. The van der Waals surface area contributed by atoms with Gasteiger partial charge in [0.15, 0.2) is 0 Å². The zero-order chi connectivity index (χ0) is 12.3. The van der Waals surface area contributed by atoms with Crippen LogP contribution in [0.15, 0.2) is 29.2 Å². The number of thioether (sulfide) groups is 1. The summed E-state index contributed by atoms with van der Waals surface area (Å²) >= 11 is 1.81. The van der Waals surface area contributed by atoms with Crippen molar-refractivity contribution >= 4 is 11.8 Å². The van der Waals surface area contributed by atoms with Crippen LogP contribution in [-0.4, -0.2) is 11.3 Å². The Morgan fingerprint density at radius 2 is 2.00 bits per heavy atom. The van der Waals surface area contributed by atoms with Crippen LogP contribution in [0, 0.1) is 11.7 Å². The van der Waals surface area contributed by atoms with Gasteiger partial charge in [0.05, 0.1) is 0 Å². The molecule has 0 heterocycles. The number of hydrogen-bond donors (Lipinski definition) is 1. The molecule has 0 aliphatic heterocycles. The second kappa shape index (κ2) is 5.87. The van der Waals surface area contributed by atoms with E-state index in [9.17, 15) is 4.39 Å². The maximum absolute atomic E-state index is 12.8. The fraction of sp³-hybridized carbons (Fsp3) is 0.571. The van der Waals surface area contributed by atoms with Gasteiger partial charge in [-0.25, -0.2) is 4.39 Å². The standard InChI is InChI=1S/C14H20FNS/c1-2-10-3-8-13(16)14(9-10)17-12-6-4-11(15)5-7-12/h4-7,10,13-14H,2-3,8-9,16H2,1H3.